The summed E-state index contributed by atoms with van der Waals surface area (Å²) in [6, 6.07) is 5.30. The molecule has 0 saturated heterocycles. The van der Waals surface area contributed by atoms with E-state index in [1.165, 1.54) is 11.8 Å². The first kappa shape index (κ1) is 14.7. The Morgan fingerprint density at radius 1 is 1.41 bits per heavy atom. The number of rotatable bonds is 6. The minimum atomic E-state index is -2.86. The van der Waals surface area contributed by atoms with Gasteiger partial charge in [0.25, 0.3) is 0 Å². The molecule has 1 aromatic carbocycles. The first-order valence-corrected chi connectivity index (χ1v) is 8.51. The second kappa shape index (κ2) is 6.52. The fourth-order valence-corrected chi connectivity index (χ4v) is 3.48. The lowest BCUT2D eigenvalue weighted by molar-refractivity contribution is 0.596. The molecule has 0 unspecified atom stereocenters. The molecule has 0 aliphatic rings. The fraction of sp³-hybridized carbons (Fsp3) is 0.455. The molecule has 0 heterocycles. The number of nitrogens with two attached hydrogens (primary N) is 1. The third-order valence-electron chi connectivity index (χ3n) is 2.27. The van der Waals surface area contributed by atoms with Crippen LogP contribution in [0.1, 0.15) is 13.3 Å². The van der Waals surface area contributed by atoms with E-state index < -0.39 is 9.84 Å². The average molecular weight is 294 g/mol. The van der Waals surface area contributed by atoms with Gasteiger partial charge >= 0.3 is 0 Å². The van der Waals surface area contributed by atoms with Crippen molar-refractivity contribution in [2.24, 2.45) is 0 Å². The summed E-state index contributed by atoms with van der Waals surface area (Å²) in [5, 5.41) is 0.642. The SMILES string of the molecule is CCS(=O)(=O)CCCSc1cc(Cl)ccc1N. The molecular formula is C11H16ClNO2S2. The van der Waals surface area contributed by atoms with Crippen molar-refractivity contribution < 1.29 is 8.42 Å². The van der Waals surface area contributed by atoms with Crippen LogP contribution in [0.2, 0.25) is 5.02 Å². The molecule has 1 aromatic rings. The molecule has 0 amide bonds. The Morgan fingerprint density at radius 3 is 2.76 bits per heavy atom. The predicted octanol–water partition coefficient (Wildman–Crippen LogP) is 2.84. The molecule has 0 aliphatic carbocycles. The van der Waals surface area contributed by atoms with Crippen molar-refractivity contribution in [2.45, 2.75) is 18.2 Å². The van der Waals surface area contributed by atoms with Crippen molar-refractivity contribution in [3.05, 3.63) is 23.2 Å². The topological polar surface area (TPSA) is 60.2 Å². The van der Waals surface area contributed by atoms with Crippen LogP contribution in [-0.2, 0) is 9.84 Å². The Kier molecular flexibility index (Phi) is 5.62. The van der Waals surface area contributed by atoms with Crippen molar-refractivity contribution in [1.82, 2.24) is 0 Å². The molecule has 96 valence electrons. The summed E-state index contributed by atoms with van der Waals surface area (Å²) in [7, 11) is -2.86. The summed E-state index contributed by atoms with van der Waals surface area (Å²) in [6.45, 7) is 1.66. The van der Waals surface area contributed by atoms with Gasteiger partial charge < -0.3 is 5.73 Å². The zero-order valence-electron chi connectivity index (χ0n) is 9.65. The van der Waals surface area contributed by atoms with Crippen LogP contribution in [0.15, 0.2) is 23.1 Å². The highest BCUT2D eigenvalue weighted by molar-refractivity contribution is 7.99. The van der Waals surface area contributed by atoms with E-state index in [2.05, 4.69) is 0 Å². The second-order valence-electron chi connectivity index (χ2n) is 3.62. The lowest BCUT2D eigenvalue weighted by Crippen LogP contribution is -2.09. The van der Waals surface area contributed by atoms with Crippen molar-refractivity contribution >= 4 is 38.9 Å². The highest BCUT2D eigenvalue weighted by atomic mass is 35.5. The van der Waals surface area contributed by atoms with E-state index in [0.717, 1.165) is 10.6 Å². The summed E-state index contributed by atoms with van der Waals surface area (Å²) in [5.74, 6) is 1.16. The molecule has 0 radical (unpaired) electrons. The maximum atomic E-state index is 11.3. The molecule has 0 spiro atoms. The molecule has 0 aromatic heterocycles. The molecule has 2 N–H and O–H groups in total. The molecule has 6 heteroatoms. The summed E-state index contributed by atoms with van der Waals surface area (Å²) in [6.07, 6.45) is 0.632. The number of anilines is 1. The van der Waals surface area contributed by atoms with Gasteiger partial charge in [-0.3, -0.25) is 0 Å². The Hall–Kier alpha value is -0.390. The molecule has 3 nitrogen and oxygen atoms in total. The van der Waals surface area contributed by atoms with E-state index in [-0.39, 0.29) is 11.5 Å². The van der Waals surface area contributed by atoms with Crippen molar-refractivity contribution in [2.75, 3.05) is 23.0 Å². The zero-order valence-corrected chi connectivity index (χ0v) is 12.0. The van der Waals surface area contributed by atoms with Gasteiger partial charge in [-0.1, -0.05) is 18.5 Å². The van der Waals surface area contributed by atoms with Gasteiger partial charge in [-0.25, -0.2) is 8.42 Å². The third-order valence-corrected chi connectivity index (χ3v) is 5.46. The van der Waals surface area contributed by atoms with Gasteiger partial charge in [-0.2, -0.15) is 0 Å². The molecule has 0 atom stereocenters. The second-order valence-corrected chi connectivity index (χ2v) is 7.67. The Balaban J connectivity index is 2.44. The maximum Gasteiger partial charge on any atom is 0.150 e. The highest BCUT2D eigenvalue weighted by Gasteiger charge is 2.07. The smallest absolute Gasteiger partial charge is 0.150 e. The van der Waals surface area contributed by atoms with Crippen LogP contribution in [0.3, 0.4) is 0 Å². The summed E-state index contributed by atoms with van der Waals surface area (Å²) < 4.78 is 22.6. The lowest BCUT2D eigenvalue weighted by Gasteiger charge is -2.05. The molecule has 0 bridgehead atoms. The molecule has 1 rings (SSSR count). The maximum absolute atomic E-state index is 11.3. The zero-order chi connectivity index (χ0) is 12.9. The largest absolute Gasteiger partial charge is 0.398 e. The van der Waals surface area contributed by atoms with Crippen LogP contribution in [-0.4, -0.2) is 25.7 Å². The number of thioether (sulfide) groups is 1. The summed E-state index contributed by atoms with van der Waals surface area (Å²) in [5.41, 5.74) is 6.46. The van der Waals surface area contributed by atoms with Crippen molar-refractivity contribution in [3.8, 4) is 0 Å². The molecular weight excluding hydrogens is 278 g/mol. The number of benzene rings is 1. The molecule has 0 aliphatic heterocycles. The quantitative estimate of drug-likeness (QED) is 0.498. The Morgan fingerprint density at radius 2 is 2.12 bits per heavy atom. The first-order chi connectivity index (χ1) is 7.94. The third kappa shape index (κ3) is 5.19. The van der Waals surface area contributed by atoms with E-state index in [1.54, 1.807) is 25.1 Å². The fourth-order valence-electron chi connectivity index (χ4n) is 1.24. The van der Waals surface area contributed by atoms with Gasteiger partial charge in [0.2, 0.25) is 0 Å². The van der Waals surface area contributed by atoms with Gasteiger partial charge in [-0.05, 0) is 30.4 Å². The highest BCUT2D eigenvalue weighted by Crippen LogP contribution is 2.28. The van der Waals surface area contributed by atoms with Crippen LogP contribution in [0.4, 0.5) is 5.69 Å². The number of sulfone groups is 1. The van der Waals surface area contributed by atoms with E-state index in [4.69, 9.17) is 17.3 Å². The number of hydrogen-bond acceptors (Lipinski definition) is 4. The van der Waals surface area contributed by atoms with Crippen LogP contribution >= 0.6 is 23.4 Å². The first-order valence-electron chi connectivity index (χ1n) is 5.33. The van der Waals surface area contributed by atoms with Crippen LogP contribution in [0, 0.1) is 0 Å². The van der Waals surface area contributed by atoms with Crippen LogP contribution in [0.5, 0.6) is 0 Å². The minimum absolute atomic E-state index is 0.205. The van der Waals surface area contributed by atoms with Gasteiger partial charge in [0, 0.05) is 21.4 Å². The number of halogens is 1. The number of nitrogen functional groups attached to an aromatic ring is 1. The monoisotopic (exact) mass is 293 g/mol. The van der Waals surface area contributed by atoms with E-state index in [9.17, 15) is 8.42 Å². The van der Waals surface area contributed by atoms with Crippen molar-refractivity contribution in [3.63, 3.8) is 0 Å². The normalized spacial score (nSPS) is 11.6. The summed E-state index contributed by atoms with van der Waals surface area (Å²) in [4.78, 5) is 0.909. The lowest BCUT2D eigenvalue weighted by atomic mass is 10.3. The Labute approximate surface area is 112 Å². The van der Waals surface area contributed by atoms with Gasteiger partial charge in [-0.15, -0.1) is 11.8 Å². The van der Waals surface area contributed by atoms with Crippen LogP contribution < -0.4 is 5.73 Å². The van der Waals surface area contributed by atoms with E-state index >= 15 is 0 Å². The number of hydrogen-bond donors (Lipinski definition) is 1. The van der Waals surface area contributed by atoms with Gasteiger partial charge in [0.05, 0.1) is 5.75 Å². The predicted molar refractivity (Wildman–Crippen MR) is 75.5 cm³/mol. The van der Waals surface area contributed by atoms with Gasteiger partial charge in [0.15, 0.2) is 0 Å². The average Bonchev–Trinajstić information content (AvgIpc) is 2.29. The summed E-state index contributed by atoms with van der Waals surface area (Å²) >= 11 is 7.40. The Bertz CT molecular complexity index is 474. The standard InChI is InChI=1S/C11H16ClNO2S2/c1-2-17(14,15)7-3-6-16-11-8-9(12)4-5-10(11)13/h4-5,8H,2-3,6-7,13H2,1H3. The molecule has 17 heavy (non-hydrogen) atoms. The van der Waals surface area contributed by atoms with E-state index in [0.29, 0.717) is 17.1 Å². The molecule has 0 saturated carbocycles. The van der Waals surface area contributed by atoms with Gasteiger partial charge in [0.1, 0.15) is 9.84 Å². The minimum Gasteiger partial charge on any atom is -0.398 e. The molecule has 0 fully saturated rings. The van der Waals surface area contributed by atoms with Crippen LogP contribution in [0.25, 0.3) is 0 Å². The van der Waals surface area contributed by atoms with E-state index in [1.807, 2.05) is 0 Å². The van der Waals surface area contributed by atoms with Crippen molar-refractivity contribution in [1.29, 1.82) is 0 Å².